The van der Waals surface area contributed by atoms with Crippen molar-refractivity contribution in [2.45, 2.75) is 44.5 Å². The Bertz CT molecular complexity index is 237. The van der Waals surface area contributed by atoms with E-state index in [0.717, 1.165) is 11.8 Å². The molecule has 0 radical (unpaired) electrons. The maximum absolute atomic E-state index is 13.1. The molecule has 7 heteroatoms. The monoisotopic (exact) mass is 278 g/mol. The molecule has 17 heavy (non-hydrogen) atoms. The summed E-state index contributed by atoms with van der Waals surface area (Å²) in [6.07, 6.45) is -5.56. The molecule has 0 aromatic carbocycles. The third-order valence-electron chi connectivity index (χ3n) is 2.08. The van der Waals surface area contributed by atoms with Crippen molar-refractivity contribution in [3.05, 3.63) is 0 Å². The molecule has 0 bridgehead atoms. The highest BCUT2D eigenvalue weighted by Crippen LogP contribution is 2.27. The summed E-state index contributed by atoms with van der Waals surface area (Å²) in [5, 5.41) is -0.136. The smallest absolute Gasteiger partial charge is 0.287 e. The molecule has 2 unspecified atom stereocenters. The largest absolute Gasteiger partial charge is 0.306 e. The maximum Gasteiger partial charge on any atom is 0.306 e. The molecule has 0 aromatic rings. The number of alkyl halides is 5. The highest BCUT2D eigenvalue weighted by Gasteiger charge is 2.41. The lowest BCUT2D eigenvalue weighted by molar-refractivity contribution is -0.110. The van der Waals surface area contributed by atoms with E-state index < -0.39 is 31.4 Å². The van der Waals surface area contributed by atoms with E-state index in [9.17, 15) is 26.7 Å². The van der Waals surface area contributed by atoms with Gasteiger partial charge in [-0.2, -0.15) is 0 Å². The SMILES string of the molecule is CCC(=O)SCCC(F)CC(F)C(F)(F)CF. The van der Waals surface area contributed by atoms with Crippen molar-refractivity contribution in [2.24, 2.45) is 0 Å². The van der Waals surface area contributed by atoms with Crippen molar-refractivity contribution < 1.29 is 26.7 Å². The van der Waals surface area contributed by atoms with Gasteiger partial charge in [0.25, 0.3) is 0 Å². The number of carbonyl (C=O) groups is 1. The van der Waals surface area contributed by atoms with Crippen LogP contribution >= 0.6 is 11.8 Å². The van der Waals surface area contributed by atoms with Crippen LogP contribution in [0.3, 0.4) is 0 Å². The first-order valence-corrected chi connectivity index (χ1v) is 6.19. The molecule has 0 spiro atoms. The molecule has 0 amide bonds. The van der Waals surface area contributed by atoms with Crippen LogP contribution in [0.1, 0.15) is 26.2 Å². The fourth-order valence-electron chi connectivity index (χ4n) is 1.00. The second-order valence-corrected chi connectivity index (χ2v) is 4.71. The zero-order chi connectivity index (χ0) is 13.5. The minimum atomic E-state index is -4.13. The highest BCUT2D eigenvalue weighted by molar-refractivity contribution is 8.13. The molecule has 0 aliphatic rings. The summed E-state index contributed by atoms with van der Waals surface area (Å²) in [4.78, 5) is 10.8. The Kier molecular flexibility index (Phi) is 7.74. The first-order chi connectivity index (χ1) is 7.83. The van der Waals surface area contributed by atoms with E-state index in [1.165, 1.54) is 0 Å². The predicted octanol–water partition coefficient (Wildman–Crippen LogP) is 3.72. The van der Waals surface area contributed by atoms with Crippen LogP contribution in [0, 0.1) is 0 Å². The van der Waals surface area contributed by atoms with Crippen LogP contribution in [0.5, 0.6) is 0 Å². The molecule has 0 fully saturated rings. The summed E-state index contributed by atoms with van der Waals surface area (Å²) >= 11 is 0.882. The molecule has 0 N–H and O–H groups in total. The maximum atomic E-state index is 13.1. The first kappa shape index (κ1) is 16.7. The molecule has 2 atom stereocenters. The third kappa shape index (κ3) is 6.85. The molecule has 0 rings (SSSR count). The molecule has 102 valence electrons. The van der Waals surface area contributed by atoms with Gasteiger partial charge in [0.05, 0.1) is 0 Å². The molecule has 0 saturated carbocycles. The molecule has 0 aromatic heterocycles. The fraction of sp³-hybridized carbons (Fsp3) is 0.900. The van der Waals surface area contributed by atoms with E-state index >= 15 is 0 Å². The molecule has 0 aliphatic carbocycles. The van der Waals surface area contributed by atoms with E-state index in [0.29, 0.717) is 6.42 Å². The van der Waals surface area contributed by atoms with Crippen LogP contribution < -0.4 is 0 Å². The fourth-order valence-corrected chi connectivity index (χ4v) is 1.81. The number of hydrogen-bond donors (Lipinski definition) is 0. The highest BCUT2D eigenvalue weighted by atomic mass is 32.2. The van der Waals surface area contributed by atoms with Crippen molar-refractivity contribution >= 4 is 16.9 Å². The molecule has 1 nitrogen and oxygen atoms in total. The lowest BCUT2D eigenvalue weighted by atomic mass is 10.1. The average Bonchev–Trinajstić information content (AvgIpc) is 2.28. The topological polar surface area (TPSA) is 17.1 Å². The van der Waals surface area contributed by atoms with Gasteiger partial charge in [0, 0.05) is 18.6 Å². The standard InChI is InChI=1S/C10H15F5OS/c1-2-9(16)17-4-3-7(12)5-8(13)10(14,15)6-11/h7-8H,2-6H2,1H3. The third-order valence-corrected chi connectivity index (χ3v) is 3.13. The first-order valence-electron chi connectivity index (χ1n) is 5.21. The van der Waals surface area contributed by atoms with E-state index in [2.05, 4.69) is 0 Å². The Hall–Kier alpha value is -0.330. The number of carbonyl (C=O) groups excluding carboxylic acids is 1. The summed E-state index contributed by atoms with van der Waals surface area (Å²) in [5.74, 6) is -4.02. The summed E-state index contributed by atoms with van der Waals surface area (Å²) in [6.45, 7) is -0.494. The quantitative estimate of drug-likeness (QED) is 0.629. The second-order valence-electron chi connectivity index (χ2n) is 3.56. The molecule has 0 saturated heterocycles. The number of hydrogen-bond acceptors (Lipinski definition) is 2. The summed E-state index contributed by atoms with van der Waals surface area (Å²) in [6, 6.07) is 0. The predicted molar refractivity (Wildman–Crippen MR) is 57.7 cm³/mol. The van der Waals surface area contributed by atoms with Crippen LogP contribution in [-0.4, -0.2) is 35.8 Å². The lowest BCUT2D eigenvalue weighted by Crippen LogP contribution is -2.34. The van der Waals surface area contributed by atoms with Gasteiger partial charge in [-0.25, -0.2) is 22.0 Å². The Labute approximate surface area is 101 Å². The zero-order valence-electron chi connectivity index (χ0n) is 9.40. The van der Waals surface area contributed by atoms with E-state index in [4.69, 9.17) is 0 Å². The van der Waals surface area contributed by atoms with E-state index in [1.807, 2.05) is 0 Å². The Morgan fingerprint density at radius 3 is 2.41 bits per heavy atom. The zero-order valence-corrected chi connectivity index (χ0v) is 10.2. The van der Waals surface area contributed by atoms with E-state index in [1.54, 1.807) is 6.92 Å². The van der Waals surface area contributed by atoms with Gasteiger partial charge in [-0.15, -0.1) is 0 Å². The van der Waals surface area contributed by atoms with Gasteiger partial charge in [-0.05, 0) is 6.42 Å². The molecule has 0 heterocycles. The number of rotatable bonds is 8. The lowest BCUT2D eigenvalue weighted by Gasteiger charge is -2.18. The Balaban J connectivity index is 3.86. The normalized spacial score (nSPS) is 15.6. The van der Waals surface area contributed by atoms with Gasteiger partial charge in [0.1, 0.15) is 6.17 Å². The Morgan fingerprint density at radius 1 is 1.35 bits per heavy atom. The summed E-state index contributed by atoms with van der Waals surface area (Å²) in [7, 11) is 0. The van der Waals surface area contributed by atoms with Crippen molar-refractivity contribution in [3.8, 4) is 0 Å². The van der Waals surface area contributed by atoms with Gasteiger partial charge >= 0.3 is 5.92 Å². The second kappa shape index (κ2) is 7.89. The summed E-state index contributed by atoms with van der Waals surface area (Å²) < 4.78 is 62.4. The summed E-state index contributed by atoms with van der Waals surface area (Å²) in [5.41, 5.74) is 0. The average molecular weight is 278 g/mol. The van der Waals surface area contributed by atoms with Gasteiger partial charge in [-0.3, -0.25) is 4.79 Å². The van der Waals surface area contributed by atoms with Gasteiger partial charge in [-0.1, -0.05) is 18.7 Å². The minimum absolute atomic E-state index is 0.113. The van der Waals surface area contributed by atoms with E-state index in [-0.39, 0.29) is 17.3 Å². The van der Waals surface area contributed by atoms with Crippen LogP contribution in [0.2, 0.25) is 0 Å². The minimum Gasteiger partial charge on any atom is -0.287 e. The van der Waals surface area contributed by atoms with Crippen molar-refractivity contribution in [3.63, 3.8) is 0 Å². The molecular formula is C10H15F5OS. The van der Waals surface area contributed by atoms with Crippen LogP contribution in [0.4, 0.5) is 22.0 Å². The molecule has 0 aliphatic heterocycles. The van der Waals surface area contributed by atoms with Crippen molar-refractivity contribution in [1.29, 1.82) is 0 Å². The van der Waals surface area contributed by atoms with Crippen LogP contribution in [0.25, 0.3) is 0 Å². The number of halogens is 5. The Morgan fingerprint density at radius 2 is 1.94 bits per heavy atom. The van der Waals surface area contributed by atoms with Gasteiger partial charge in [0.2, 0.25) is 0 Å². The van der Waals surface area contributed by atoms with Crippen LogP contribution in [0.15, 0.2) is 0 Å². The van der Waals surface area contributed by atoms with Crippen LogP contribution in [-0.2, 0) is 4.79 Å². The van der Waals surface area contributed by atoms with Gasteiger partial charge in [0.15, 0.2) is 18.0 Å². The van der Waals surface area contributed by atoms with Crippen molar-refractivity contribution in [2.75, 3.05) is 12.4 Å². The van der Waals surface area contributed by atoms with Crippen molar-refractivity contribution in [1.82, 2.24) is 0 Å². The molecular weight excluding hydrogens is 263 g/mol. The number of thioether (sulfide) groups is 1. The van der Waals surface area contributed by atoms with Gasteiger partial charge < -0.3 is 0 Å².